The number of ether oxygens (including phenoxy) is 1. The molecule has 2 rings (SSSR count). The second kappa shape index (κ2) is 6.23. The maximum absolute atomic E-state index is 5.85. The van der Waals surface area contributed by atoms with Crippen molar-refractivity contribution in [3.05, 3.63) is 11.8 Å². The molecule has 1 aliphatic carbocycles. The van der Waals surface area contributed by atoms with E-state index in [0.29, 0.717) is 24.4 Å². The number of anilines is 1. The SMILES string of the molecule is CCCOc1cc(C)nc(N(CCCl)C2CC2)n1. The molecule has 1 fully saturated rings. The Kier molecular flexibility index (Phi) is 4.64. The minimum absolute atomic E-state index is 0.560. The summed E-state index contributed by atoms with van der Waals surface area (Å²) < 4.78 is 5.59. The summed E-state index contributed by atoms with van der Waals surface area (Å²) in [7, 11) is 0. The second-order valence-electron chi connectivity index (χ2n) is 4.61. The second-order valence-corrected chi connectivity index (χ2v) is 4.99. The van der Waals surface area contributed by atoms with Crippen LogP contribution in [0.1, 0.15) is 31.9 Å². The van der Waals surface area contributed by atoms with Crippen molar-refractivity contribution in [3.63, 3.8) is 0 Å². The third-order valence-corrected chi connectivity index (χ3v) is 3.01. The fourth-order valence-electron chi connectivity index (χ4n) is 1.86. The topological polar surface area (TPSA) is 38.2 Å². The van der Waals surface area contributed by atoms with Crippen molar-refractivity contribution < 1.29 is 4.74 Å². The lowest BCUT2D eigenvalue weighted by Crippen LogP contribution is -2.29. The highest BCUT2D eigenvalue weighted by molar-refractivity contribution is 6.18. The van der Waals surface area contributed by atoms with Gasteiger partial charge >= 0.3 is 0 Å². The molecule has 1 aliphatic rings. The van der Waals surface area contributed by atoms with E-state index < -0.39 is 0 Å². The molecule has 0 amide bonds. The van der Waals surface area contributed by atoms with Gasteiger partial charge in [-0.2, -0.15) is 4.98 Å². The van der Waals surface area contributed by atoms with Gasteiger partial charge in [0.05, 0.1) is 6.61 Å². The van der Waals surface area contributed by atoms with Crippen LogP contribution in [-0.4, -0.2) is 35.0 Å². The van der Waals surface area contributed by atoms with Gasteiger partial charge in [0.25, 0.3) is 0 Å². The average molecular weight is 270 g/mol. The molecule has 0 bridgehead atoms. The molecule has 100 valence electrons. The Labute approximate surface area is 113 Å². The highest BCUT2D eigenvalue weighted by atomic mass is 35.5. The van der Waals surface area contributed by atoms with E-state index in [1.807, 2.05) is 13.0 Å². The normalized spacial score (nSPS) is 14.6. The van der Waals surface area contributed by atoms with Crippen LogP contribution in [0.3, 0.4) is 0 Å². The Morgan fingerprint density at radius 1 is 1.44 bits per heavy atom. The van der Waals surface area contributed by atoms with Gasteiger partial charge in [0.2, 0.25) is 11.8 Å². The maximum Gasteiger partial charge on any atom is 0.229 e. The number of hydrogen-bond donors (Lipinski definition) is 0. The molecule has 4 nitrogen and oxygen atoms in total. The molecule has 1 heterocycles. The van der Waals surface area contributed by atoms with Crippen LogP contribution in [-0.2, 0) is 0 Å². The Morgan fingerprint density at radius 2 is 2.22 bits per heavy atom. The van der Waals surface area contributed by atoms with Crippen LogP contribution >= 0.6 is 11.6 Å². The van der Waals surface area contributed by atoms with Crippen molar-refractivity contribution in [1.29, 1.82) is 0 Å². The van der Waals surface area contributed by atoms with Crippen LogP contribution in [0.2, 0.25) is 0 Å². The van der Waals surface area contributed by atoms with E-state index in [2.05, 4.69) is 21.8 Å². The van der Waals surface area contributed by atoms with E-state index in [4.69, 9.17) is 16.3 Å². The monoisotopic (exact) mass is 269 g/mol. The molecule has 1 aromatic heterocycles. The van der Waals surface area contributed by atoms with E-state index in [-0.39, 0.29) is 0 Å². The van der Waals surface area contributed by atoms with Crippen LogP contribution in [0.5, 0.6) is 5.88 Å². The smallest absolute Gasteiger partial charge is 0.229 e. The van der Waals surface area contributed by atoms with E-state index in [9.17, 15) is 0 Å². The molecule has 5 heteroatoms. The summed E-state index contributed by atoms with van der Waals surface area (Å²) in [6, 6.07) is 2.44. The van der Waals surface area contributed by atoms with Gasteiger partial charge in [-0.15, -0.1) is 11.6 Å². The lowest BCUT2D eigenvalue weighted by Gasteiger charge is -2.21. The first-order valence-corrected chi connectivity index (χ1v) is 7.09. The van der Waals surface area contributed by atoms with Crippen LogP contribution < -0.4 is 9.64 Å². The van der Waals surface area contributed by atoms with Gasteiger partial charge in [-0.05, 0) is 26.2 Å². The molecule has 0 aliphatic heterocycles. The Bertz CT molecular complexity index is 396. The van der Waals surface area contributed by atoms with E-state index in [1.54, 1.807) is 0 Å². The molecule has 0 radical (unpaired) electrons. The zero-order chi connectivity index (χ0) is 13.0. The zero-order valence-corrected chi connectivity index (χ0v) is 11.8. The first kappa shape index (κ1) is 13.4. The lowest BCUT2D eigenvalue weighted by molar-refractivity contribution is 0.304. The highest BCUT2D eigenvalue weighted by Gasteiger charge is 2.30. The van der Waals surface area contributed by atoms with E-state index >= 15 is 0 Å². The van der Waals surface area contributed by atoms with Crippen LogP contribution in [0.25, 0.3) is 0 Å². The molecule has 1 aromatic rings. The average Bonchev–Trinajstić information content (AvgIpc) is 3.17. The number of hydrogen-bond acceptors (Lipinski definition) is 4. The summed E-state index contributed by atoms with van der Waals surface area (Å²) in [6.45, 7) is 5.53. The number of alkyl halides is 1. The summed E-state index contributed by atoms with van der Waals surface area (Å²) in [5, 5.41) is 0. The summed E-state index contributed by atoms with van der Waals surface area (Å²) in [5.41, 5.74) is 0.936. The summed E-state index contributed by atoms with van der Waals surface area (Å²) >= 11 is 5.85. The van der Waals surface area contributed by atoms with E-state index in [1.165, 1.54) is 12.8 Å². The van der Waals surface area contributed by atoms with Gasteiger partial charge in [-0.3, -0.25) is 0 Å². The standard InChI is InChI=1S/C13H20ClN3O/c1-3-8-18-12-9-10(2)15-13(16-12)17(7-6-14)11-4-5-11/h9,11H,3-8H2,1-2H3. The van der Waals surface area contributed by atoms with Crippen molar-refractivity contribution >= 4 is 17.5 Å². The summed E-state index contributed by atoms with van der Waals surface area (Å²) in [6.07, 6.45) is 3.39. The minimum atomic E-state index is 0.560. The van der Waals surface area contributed by atoms with Crippen LogP contribution in [0.4, 0.5) is 5.95 Å². The number of nitrogens with zero attached hydrogens (tertiary/aromatic N) is 3. The predicted octanol–water partition coefficient (Wildman–Crippen LogP) is 2.78. The summed E-state index contributed by atoms with van der Waals surface area (Å²) in [4.78, 5) is 11.2. The fourth-order valence-corrected chi connectivity index (χ4v) is 2.04. The van der Waals surface area contributed by atoms with Crippen molar-refractivity contribution in [2.24, 2.45) is 0 Å². The third kappa shape index (κ3) is 3.48. The zero-order valence-electron chi connectivity index (χ0n) is 11.0. The van der Waals surface area contributed by atoms with E-state index in [0.717, 1.165) is 24.6 Å². The number of halogens is 1. The quantitative estimate of drug-likeness (QED) is 0.714. The molecule has 0 unspecified atom stereocenters. The largest absolute Gasteiger partial charge is 0.478 e. The Hall–Kier alpha value is -1.03. The van der Waals surface area contributed by atoms with Crippen molar-refractivity contribution in [2.45, 2.75) is 39.2 Å². The van der Waals surface area contributed by atoms with Crippen LogP contribution in [0, 0.1) is 6.92 Å². The molecule has 18 heavy (non-hydrogen) atoms. The molecule has 0 spiro atoms. The van der Waals surface area contributed by atoms with Gasteiger partial charge in [-0.25, -0.2) is 4.98 Å². The van der Waals surface area contributed by atoms with Crippen molar-refractivity contribution in [2.75, 3.05) is 23.9 Å². The number of aryl methyl sites for hydroxylation is 1. The third-order valence-electron chi connectivity index (χ3n) is 2.84. The van der Waals surface area contributed by atoms with Gasteiger partial charge in [-0.1, -0.05) is 6.92 Å². The lowest BCUT2D eigenvalue weighted by atomic mass is 10.4. The molecule has 0 aromatic carbocycles. The van der Waals surface area contributed by atoms with Crippen LogP contribution in [0.15, 0.2) is 6.07 Å². The predicted molar refractivity (Wildman–Crippen MR) is 73.6 cm³/mol. The number of rotatable bonds is 7. The first-order chi connectivity index (χ1) is 8.74. The highest BCUT2D eigenvalue weighted by Crippen LogP contribution is 2.30. The summed E-state index contributed by atoms with van der Waals surface area (Å²) in [5.74, 6) is 2.02. The minimum Gasteiger partial charge on any atom is -0.478 e. The molecule has 0 atom stereocenters. The Morgan fingerprint density at radius 3 is 2.83 bits per heavy atom. The van der Waals surface area contributed by atoms with Crippen molar-refractivity contribution in [1.82, 2.24) is 9.97 Å². The van der Waals surface area contributed by atoms with Gasteiger partial charge in [0.15, 0.2) is 0 Å². The van der Waals surface area contributed by atoms with Gasteiger partial charge in [0.1, 0.15) is 0 Å². The maximum atomic E-state index is 5.85. The van der Waals surface area contributed by atoms with Gasteiger partial charge < -0.3 is 9.64 Å². The molecule has 0 saturated heterocycles. The number of aromatic nitrogens is 2. The molecular weight excluding hydrogens is 250 g/mol. The first-order valence-electron chi connectivity index (χ1n) is 6.55. The van der Waals surface area contributed by atoms with Crippen molar-refractivity contribution in [3.8, 4) is 5.88 Å². The fraction of sp³-hybridized carbons (Fsp3) is 0.692. The molecular formula is C13H20ClN3O. The Balaban J connectivity index is 2.16. The molecule has 0 N–H and O–H groups in total. The molecule has 1 saturated carbocycles. The van der Waals surface area contributed by atoms with Gasteiger partial charge in [0, 0.05) is 30.2 Å².